The van der Waals surface area contributed by atoms with Gasteiger partial charge in [-0.3, -0.25) is 4.79 Å². The Labute approximate surface area is 119 Å². The van der Waals surface area contributed by atoms with Gasteiger partial charge in [-0.15, -0.1) is 0 Å². The van der Waals surface area contributed by atoms with Crippen molar-refractivity contribution in [3.63, 3.8) is 0 Å². The van der Waals surface area contributed by atoms with Crippen molar-refractivity contribution >= 4 is 33.4 Å². The van der Waals surface area contributed by atoms with Gasteiger partial charge in [0, 0.05) is 23.1 Å². The maximum atomic E-state index is 11.8. The van der Waals surface area contributed by atoms with Crippen LogP contribution >= 0.6 is 27.5 Å². The Balaban J connectivity index is 2.15. The second-order valence-corrected chi connectivity index (χ2v) is 5.61. The molecule has 1 aliphatic heterocycles. The van der Waals surface area contributed by atoms with Crippen LogP contribution in [0.1, 0.15) is 18.5 Å². The number of phenols is 1. The molecule has 6 heteroatoms. The number of hydrogen-bond donors (Lipinski definition) is 3. The predicted molar refractivity (Wildman–Crippen MR) is 73.7 cm³/mol. The second-order valence-electron chi connectivity index (χ2n) is 4.38. The Hall–Kier alpha value is -0.780. The lowest BCUT2D eigenvalue weighted by Crippen LogP contribution is -2.51. The topological polar surface area (TPSA) is 61.4 Å². The fourth-order valence-corrected chi connectivity index (χ4v) is 2.51. The third-order valence-corrected chi connectivity index (χ3v) is 4.35. The van der Waals surface area contributed by atoms with Crippen LogP contribution in [0.4, 0.5) is 0 Å². The number of amides is 1. The number of hydrogen-bond acceptors (Lipinski definition) is 3. The minimum Gasteiger partial charge on any atom is -0.508 e. The molecule has 0 radical (unpaired) electrons. The average molecular weight is 334 g/mol. The fourth-order valence-electron chi connectivity index (χ4n) is 1.85. The first kappa shape index (κ1) is 13.6. The first-order chi connectivity index (χ1) is 8.50. The molecule has 0 spiro atoms. The number of phenolic OH excluding ortho intramolecular Hbond substituents is 1. The normalized spacial score (nSPS) is 17.1. The van der Waals surface area contributed by atoms with Gasteiger partial charge in [0.15, 0.2) is 0 Å². The summed E-state index contributed by atoms with van der Waals surface area (Å²) in [6.07, 6.45) is 0. The van der Waals surface area contributed by atoms with E-state index in [1.807, 2.05) is 0 Å². The molecule has 0 aliphatic carbocycles. The van der Waals surface area contributed by atoms with Crippen LogP contribution in [0.2, 0.25) is 5.02 Å². The number of aromatic hydroxyl groups is 1. The molecule has 1 saturated heterocycles. The molecule has 1 fully saturated rings. The van der Waals surface area contributed by atoms with Crippen molar-refractivity contribution < 1.29 is 9.90 Å². The summed E-state index contributed by atoms with van der Waals surface area (Å²) < 4.78 is 0.698. The van der Waals surface area contributed by atoms with E-state index in [2.05, 4.69) is 26.6 Å². The number of carbonyl (C=O) groups is 1. The highest BCUT2D eigenvalue weighted by Gasteiger charge is 2.27. The highest BCUT2D eigenvalue weighted by Crippen LogP contribution is 2.36. The van der Waals surface area contributed by atoms with E-state index in [0.29, 0.717) is 28.1 Å². The fraction of sp³-hybridized carbons (Fsp3) is 0.417. The Bertz CT molecular complexity index is 477. The van der Waals surface area contributed by atoms with Crippen molar-refractivity contribution in [1.82, 2.24) is 10.6 Å². The van der Waals surface area contributed by atoms with E-state index in [4.69, 9.17) is 11.6 Å². The number of benzene rings is 1. The molecule has 3 N–H and O–H groups in total. The molecule has 1 aromatic carbocycles. The summed E-state index contributed by atoms with van der Waals surface area (Å²) in [7, 11) is 0. The molecule has 1 aromatic rings. The van der Waals surface area contributed by atoms with E-state index < -0.39 is 0 Å². The molecule has 1 aliphatic rings. The number of halogens is 2. The van der Waals surface area contributed by atoms with Crippen LogP contribution in [0.5, 0.6) is 5.75 Å². The standard InChI is InChI=1S/C12H14BrClN2O2/c1-6(16-12(18)7-4-15-5-7)10-9(17)3-2-8(13)11(10)14/h2-3,6-7,15,17H,4-5H2,1H3,(H,16,18)/t6-/m1/s1. The molecule has 0 bridgehead atoms. The van der Waals surface area contributed by atoms with Gasteiger partial charge >= 0.3 is 0 Å². The van der Waals surface area contributed by atoms with E-state index in [-0.39, 0.29) is 23.6 Å². The third kappa shape index (κ3) is 2.63. The molecule has 2 rings (SSSR count). The SMILES string of the molecule is C[C@@H](NC(=O)C1CNC1)c1c(O)ccc(Br)c1Cl. The summed E-state index contributed by atoms with van der Waals surface area (Å²) in [4.78, 5) is 11.8. The van der Waals surface area contributed by atoms with Crippen molar-refractivity contribution in [2.75, 3.05) is 13.1 Å². The number of carbonyl (C=O) groups excluding carboxylic acids is 1. The van der Waals surface area contributed by atoms with Crippen molar-refractivity contribution in [3.05, 3.63) is 27.2 Å². The Morgan fingerprint density at radius 3 is 2.83 bits per heavy atom. The van der Waals surface area contributed by atoms with Crippen molar-refractivity contribution in [1.29, 1.82) is 0 Å². The summed E-state index contributed by atoms with van der Waals surface area (Å²) in [6, 6.07) is 2.90. The van der Waals surface area contributed by atoms with Gasteiger partial charge in [0.25, 0.3) is 0 Å². The Kier molecular flexibility index (Phi) is 4.14. The van der Waals surface area contributed by atoms with E-state index in [1.165, 1.54) is 0 Å². The van der Waals surface area contributed by atoms with Gasteiger partial charge in [-0.25, -0.2) is 0 Å². The van der Waals surface area contributed by atoms with Gasteiger partial charge in [0.1, 0.15) is 5.75 Å². The van der Waals surface area contributed by atoms with Gasteiger partial charge in [-0.1, -0.05) is 11.6 Å². The summed E-state index contributed by atoms with van der Waals surface area (Å²) in [5, 5.41) is 16.2. The minimum absolute atomic E-state index is 0.0144. The zero-order valence-corrected chi connectivity index (χ0v) is 12.2. The number of rotatable bonds is 3. The van der Waals surface area contributed by atoms with Gasteiger partial charge in [0.05, 0.1) is 17.0 Å². The van der Waals surface area contributed by atoms with Gasteiger partial charge in [-0.2, -0.15) is 0 Å². The van der Waals surface area contributed by atoms with Gasteiger partial charge < -0.3 is 15.7 Å². The van der Waals surface area contributed by atoms with E-state index in [1.54, 1.807) is 19.1 Å². The Morgan fingerprint density at radius 1 is 1.61 bits per heavy atom. The molecule has 0 unspecified atom stereocenters. The molecular formula is C12H14BrClN2O2. The molecule has 0 aromatic heterocycles. The maximum Gasteiger partial charge on any atom is 0.226 e. The minimum atomic E-state index is -0.330. The van der Waals surface area contributed by atoms with Crippen LogP contribution in [0, 0.1) is 5.92 Å². The zero-order chi connectivity index (χ0) is 13.3. The quantitative estimate of drug-likeness (QED) is 0.795. The molecule has 18 heavy (non-hydrogen) atoms. The summed E-state index contributed by atoms with van der Waals surface area (Å²) in [5.74, 6) is 0.0833. The lowest BCUT2D eigenvalue weighted by Gasteiger charge is -2.28. The van der Waals surface area contributed by atoms with Crippen molar-refractivity contribution in [2.24, 2.45) is 5.92 Å². The van der Waals surface area contributed by atoms with Crippen molar-refractivity contribution in [2.45, 2.75) is 13.0 Å². The van der Waals surface area contributed by atoms with Gasteiger partial charge in [-0.05, 0) is 35.0 Å². The van der Waals surface area contributed by atoms with Crippen LogP contribution in [-0.2, 0) is 4.79 Å². The molecular weight excluding hydrogens is 320 g/mol. The summed E-state index contributed by atoms with van der Waals surface area (Å²) >= 11 is 9.44. The van der Waals surface area contributed by atoms with Crippen LogP contribution in [-0.4, -0.2) is 24.1 Å². The van der Waals surface area contributed by atoms with Crippen LogP contribution < -0.4 is 10.6 Å². The molecule has 98 valence electrons. The zero-order valence-electron chi connectivity index (χ0n) is 9.84. The molecule has 4 nitrogen and oxygen atoms in total. The van der Waals surface area contributed by atoms with E-state index in [9.17, 15) is 9.90 Å². The average Bonchev–Trinajstić information content (AvgIpc) is 2.21. The third-order valence-electron chi connectivity index (χ3n) is 3.05. The first-order valence-corrected chi connectivity index (χ1v) is 6.85. The van der Waals surface area contributed by atoms with Crippen molar-refractivity contribution in [3.8, 4) is 5.75 Å². The first-order valence-electron chi connectivity index (χ1n) is 5.68. The lowest BCUT2D eigenvalue weighted by atomic mass is 10.0. The van der Waals surface area contributed by atoms with Gasteiger partial charge in [0.2, 0.25) is 5.91 Å². The number of nitrogens with one attached hydrogen (secondary N) is 2. The summed E-state index contributed by atoms with van der Waals surface area (Å²) in [5.41, 5.74) is 0.534. The molecule has 1 heterocycles. The summed E-state index contributed by atoms with van der Waals surface area (Å²) in [6.45, 7) is 3.21. The Morgan fingerprint density at radius 2 is 2.28 bits per heavy atom. The van der Waals surface area contributed by atoms with E-state index in [0.717, 1.165) is 0 Å². The lowest BCUT2D eigenvalue weighted by molar-refractivity contribution is -0.127. The molecule has 1 amide bonds. The van der Waals surface area contributed by atoms with Crippen LogP contribution in [0.25, 0.3) is 0 Å². The highest BCUT2D eigenvalue weighted by molar-refractivity contribution is 9.10. The van der Waals surface area contributed by atoms with Crippen LogP contribution in [0.15, 0.2) is 16.6 Å². The van der Waals surface area contributed by atoms with E-state index >= 15 is 0 Å². The monoisotopic (exact) mass is 332 g/mol. The largest absolute Gasteiger partial charge is 0.508 e. The second kappa shape index (κ2) is 5.47. The van der Waals surface area contributed by atoms with Crippen LogP contribution in [0.3, 0.4) is 0 Å². The highest BCUT2D eigenvalue weighted by atomic mass is 79.9. The predicted octanol–water partition coefficient (Wildman–Crippen LogP) is 2.20. The molecule has 0 saturated carbocycles. The smallest absolute Gasteiger partial charge is 0.226 e. The maximum absolute atomic E-state index is 11.8. The molecule has 1 atom stereocenters.